The summed E-state index contributed by atoms with van der Waals surface area (Å²) in [6.45, 7) is 7.57. The fraction of sp³-hybridized carbons (Fsp3) is 0.538. The van der Waals surface area contributed by atoms with Crippen LogP contribution >= 0.6 is 0 Å². The topological polar surface area (TPSA) is 60.5 Å². The first kappa shape index (κ1) is 14.9. The van der Waals surface area contributed by atoms with E-state index in [0.717, 1.165) is 0 Å². The Kier molecular flexibility index (Phi) is 3.60. The van der Waals surface area contributed by atoms with Gasteiger partial charge in [0.25, 0.3) is 5.91 Å². The van der Waals surface area contributed by atoms with Gasteiger partial charge in [-0.2, -0.15) is 4.39 Å². The molecule has 0 saturated carbocycles. The van der Waals surface area contributed by atoms with Crippen molar-refractivity contribution in [2.45, 2.75) is 38.9 Å². The van der Waals surface area contributed by atoms with Crippen LogP contribution in [0.5, 0.6) is 0 Å². The van der Waals surface area contributed by atoms with Crippen molar-refractivity contribution in [2.24, 2.45) is 0 Å². The molecule has 1 aromatic rings. The summed E-state index contributed by atoms with van der Waals surface area (Å²) >= 11 is 0. The van der Waals surface area contributed by atoms with Gasteiger partial charge in [-0.25, -0.2) is 4.98 Å². The highest BCUT2D eigenvalue weighted by Crippen LogP contribution is 2.36. The van der Waals surface area contributed by atoms with Crippen LogP contribution in [0, 0.1) is 5.95 Å². The van der Waals surface area contributed by atoms with Crippen molar-refractivity contribution in [2.75, 3.05) is 7.05 Å². The maximum absolute atomic E-state index is 13.8. The van der Waals surface area contributed by atoms with Crippen LogP contribution in [0.2, 0.25) is 0 Å². The molecule has 0 aromatic carbocycles. The van der Waals surface area contributed by atoms with Gasteiger partial charge in [0.05, 0.1) is 16.8 Å². The average molecular weight is 280 g/mol. The molecule has 108 valence electrons. The molecule has 2 rings (SSSR count). The van der Waals surface area contributed by atoms with E-state index in [0.29, 0.717) is 5.46 Å². The lowest BCUT2D eigenvalue weighted by molar-refractivity contribution is 0.00578. The van der Waals surface area contributed by atoms with Gasteiger partial charge < -0.3 is 14.6 Å². The third kappa shape index (κ3) is 2.31. The zero-order chi connectivity index (χ0) is 15.1. The van der Waals surface area contributed by atoms with E-state index in [1.807, 2.05) is 27.7 Å². The van der Waals surface area contributed by atoms with Gasteiger partial charge in [0, 0.05) is 18.7 Å². The maximum atomic E-state index is 13.8. The Balaban J connectivity index is 2.46. The summed E-state index contributed by atoms with van der Waals surface area (Å²) in [7, 11) is 0.632. The Hall–Kier alpha value is -1.47. The predicted octanol–water partition coefficient (Wildman–Crippen LogP) is 0.879. The lowest BCUT2D eigenvalue weighted by atomic mass is 9.76. The number of hydrogen-bond donors (Lipinski definition) is 1. The zero-order valence-corrected chi connectivity index (χ0v) is 12.3. The number of pyridine rings is 1. The van der Waals surface area contributed by atoms with Crippen molar-refractivity contribution in [3.8, 4) is 0 Å². The predicted molar refractivity (Wildman–Crippen MR) is 73.3 cm³/mol. The van der Waals surface area contributed by atoms with Crippen LogP contribution in [0.3, 0.4) is 0 Å². The summed E-state index contributed by atoms with van der Waals surface area (Å²) in [6, 6.07) is 1.54. The van der Waals surface area contributed by atoms with Crippen molar-refractivity contribution in [3.63, 3.8) is 0 Å². The van der Waals surface area contributed by atoms with Crippen LogP contribution in [0.1, 0.15) is 38.1 Å². The van der Waals surface area contributed by atoms with Crippen LogP contribution in [-0.4, -0.2) is 36.3 Å². The fourth-order valence-corrected chi connectivity index (χ4v) is 1.97. The second-order valence-corrected chi connectivity index (χ2v) is 5.73. The molecular formula is C13H18BFN2O3. The van der Waals surface area contributed by atoms with E-state index in [9.17, 15) is 9.18 Å². The van der Waals surface area contributed by atoms with Crippen LogP contribution in [-0.2, 0) is 9.31 Å². The van der Waals surface area contributed by atoms with Gasteiger partial charge in [0.2, 0.25) is 5.95 Å². The number of aromatic nitrogens is 1. The first-order chi connectivity index (χ1) is 9.19. The lowest BCUT2D eigenvalue weighted by Crippen LogP contribution is -2.41. The number of carbonyl (C=O) groups excluding carboxylic acids is 1. The number of carbonyl (C=O) groups is 1. The van der Waals surface area contributed by atoms with Gasteiger partial charge in [-0.3, -0.25) is 4.79 Å². The molecule has 2 heterocycles. The smallest absolute Gasteiger partial charge is 0.399 e. The molecule has 1 amide bonds. The largest absolute Gasteiger partial charge is 0.495 e. The second-order valence-electron chi connectivity index (χ2n) is 5.73. The molecule has 1 aromatic heterocycles. The molecule has 1 aliphatic heterocycles. The first-order valence-corrected chi connectivity index (χ1v) is 6.42. The molecule has 0 radical (unpaired) electrons. The highest BCUT2D eigenvalue weighted by atomic mass is 19.1. The summed E-state index contributed by atoms with van der Waals surface area (Å²) in [5, 5.41) is 2.40. The summed E-state index contributed by atoms with van der Waals surface area (Å²) in [5.74, 6) is -1.39. The molecule has 0 aliphatic carbocycles. The number of amides is 1. The number of hydrogen-bond acceptors (Lipinski definition) is 4. The summed E-state index contributed by atoms with van der Waals surface area (Å²) in [6.07, 6.45) is 1.29. The number of rotatable bonds is 2. The van der Waals surface area contributed by atoms with E-state index < -0.39 is 30.2 Å². The van der Waals surface area contributed by atoms with E-state index in [4.69, 9.17) is 9.31 Å². The van der Waals surface area contributed by atoms with E-state index in [1.165, 1.54) is 19.3 Å². The molecule has 1 fully saturated rings. The quantitative estimate of drug-likeness (QED) is 0.645. The number of nitrogens with zero attached hydrogens (tertiary/aromatic N) is 1. The van der Waals surface area contributed by atoms with Gasteiger partial charge in [0.15, 0.2) is 0 Å². The zero-order valence-electron chi connectivity index (χ0n) is 12.3. The molecule has 1 saturated heterocycles. The third-order valence-electron chi connectivity index (χ3n) is 3.90. The van der Waals surface area contributed by atoms with Crippen molar-refractivity contribution in [1.82, 2.24) is 10.3 Å². The first-order valence-electron chi connectivity index (χ1n) is 6.42. The maximum Gasteiger partial charge on any atom is 0.495 e. The Morgan fingerprint density at radius 2 is 1.85 bits per heavy atom. The summed E-state index contributed by atoms with van der Waals surface area (Å²) in [4.78, 5) is 15.3. The molecular weight excluding hydrogens is 262 g/mol. The Labute approximate surface area is 118 Å². The molecule has 7 heteroatoms. The lowest BCUT2D eigenvalue weighted by Gasteiger charge is -2.32. The molecule has 0 bridgehead atoms. The molecule has 5 nitrogen and oxygen atoms in total. The number of nitrogens with one attached hydrogen (secondary N) is 1. The van der Waals surface area contributed by atoms with E-state index in [2.05, 4.69) is 10.3 Å². The minimum atomic E-state index is -0.837. The normalized spacial score (nSPS) is 20.0. The highest BCUT2D eigenvalue weighted by Gasteiger charge is 2.52. The van der Waals surface area contributed by atoms with Gasteiger partial charge in [-0.1, -0.05) is 0 Å². The number of halogens is 1. The van der Waals surface area contributed by atoms with Crippen molar-refractivity contribution in [3.05, 3.63) is 23.8 Å². The molecule has 1 N–H and O–H groups in total. The van der Waals surface area contributed by atoms with E-state index in [-0.39, 0.29) is 5.56 Å². The Bertz CT molecular complexity index is 532. The standard InChI is InChI=1S/C13H18BFN2O3/c1-12(2)13(3,4)20-14(19-12)8-6-7-17-10(15)9(8)11(18)16-5/h6-7H,1-5H3,(H,16,18). The van der Waals surface area contributed by atoms with Crippen LogP contribution in [0.25, 0.3) is 0 Å². The van der Waals surface area contributed by atoms with Crippen molar-refractivity contribution >= 4 is 18.5 Å². The minimum Gasteiger partial charge on any atom is -0.399 e. The summed E-state index contributed by atoms with van der Waals surface area (Å²) < 4.78 is 25.5. The molecule has 1 aliphatic rings. The monoisotopic (exact) mass is 280 g/mol. The Morgan fingerprint density at radius 1 is 1.30 bits per heavy atom. The van der Waals surface area contributed by atoms with Gasteiger partial charge >= 0.3 is 7.12 Å². The third-order valence-corrected chi connectivity index (χ3v) is 3.90. The SMILES string of the molecule is CNC(=O)c1c(B2OC(C)(C)C(C)(C)O2)ccnc1F. The van der Waals surface area contributed by atoms with Crippen LogP contribution in [0.15, 0.2) is 12.3 Å². The molecule has 0 unspecified atom stereocenters. The van der Waals surface area contributed by atoms with Crippen molar-refractivity contribution in [1.29, 1.82) is 0 Å². The van der Waals surface area contributed by atoms with Crippen molar-refractivity contribution < 1.29 is 18.5 Å². The average Bonchev–Trinajstić information content (AvgIpc) is 2.57. The minimum absolute atomic E-state index is 0.145. The van der Waals surface area contributed by atoms with E-state index in [1.54, 1.807) is 0 Å². The summed E-state index contributed by atoms with van der Waals surface area (Å²) in [5.41, 5.74) is -0.918. The molecule has 0 atom stereocenters. The molecule has 0 spiro atoms. The van der Waals surface area contributed by atoms with Crippen LogP contribution in [0.4, 0.5) is 4.39 Å². The fourth-order valence-electron chi connectivity index (χ4n) is 1.97. The van der Waals surface area contributed by atoms with E-state index >= 15 is 0 Å². The Morgan fingerprint density at radius 3 is 2.35 bits per heavy atom. The van der Waals surface area contributed by atoms with Gasteiger partial charge in [-0.05, 0) is 33.8 Å². The molecule has 20 heavy (non-hydrogen) atoms. The second kappa shape index (κ2) is 4.82. The highest BCUT2D eigenvalue weighted by molar-refractivity contribution is 6.63. The van der Waals surface area contributed by atoms with Gasteiger partial charge in [0.1, 0.15) is 0 Å². The van der Waals surface area contributed by atoms with Gasteiger partial charge in [-0.15, -0.1) is 0 Å². The van der Waals surface area contributed by atoms with Crippen LogP contribution < -0.4 is 10.8 Å².